The van der Waals surface area contributed by atoms with Crippen molar-refractivity contribution in [2.45, 2.75) is 38.1 Å². The van der Waals surface area contributed by atoms with E-state index in [9.17, 15) is 9.59 Å². The lowest BCUT2D eigenvalue weighted by Crippen LogP contribution is -2.36. The molecule has 1 amide bonds. The van der Waals surface area contributed by atoms with Crippen LogP contribution in [0, 0.1) is 5.92 Å². The molecule has 2 aliphatic rings. The predicted octanol–water partition coefficient (Wildman–Crippen LogP) is 1.53. The molecule has 0 N–H and O–H groups in total. The van der Waals surface area contributed by atoms with Crippen molar-refractivity contribution >= 4 is 11.7 Å². The minimum Gasteiger partial charge on any atom is -0.329 e. The molecule has 3 nitrogen and oxygen atoms in total. The highest BCUT2D eigenvalue weighted by Gasteiger charge is 2.33. The Kier molecular flexibility index (Phi) is 2.89. The van der Waals surface area contributed by atoms with Crippen LogP contribution in [-0.4, -0.2) is 29.2 Å². The predicted molar refractivity (Wildman–Crippen MR) is 57.3 cm³/mol. The number of carbonyl (C=O) groups is 2. The van der Waals surface area contributed by atoms with Gasteiger partial charge in [-0.15, -0.1) is 0 Å². The number of Topliss-reactive ketones (excluding diaryl/α,β-unsaturated/α-hetero) is 1. The zero-order valence-electron chi connectivity index (χ0n) is 8.95. The molecular formula is C12H17NO2. The number of ketones is 1. The highest BCUT2D eigenvalue weighted by Crippen LogP contribution is 2.33. The van der Waals surface area contributed by atoms with Gasteiger partial charge in [0.1, 0.15) is 0 Å². The van der Waals surface area contributed by atoms with Crippen LogP contribution < -0.4 is 0 Å². The summed E-state index contributed by atoms with van der Waals surface area (Å²) in [6.45, 7) is 3.77. The molecule has 82 valence electrons. The zero-order chi connectivity index (χ0) is 10.8. The average molecular weight is 207 g/mol. The second kappa shape index (κ2) is 4.17. The van der Waals surface area contributed by atoms with Crippen LogP contribution in [0.25, 0.3) is 0 Å². The van der Waals surface area contributed by atoms with Gasteiger partial charge in [-0.25, -0.2) is 0 Å². The summed E-state index contributed by atoms with van der Waals surface area (Å²) in [6, 6.07) is 0.304. The SMILES string of the molecule is C=CC(=O)N(CC(=O)CC1CC1)C1CC1. The average Bonchev–Trinajstić information content (AvgIpc) is 3.04. The molecule has 0 radical (unpaired) electrons. The first-order valence-corrected chi connectivity index (χ1v) is 5.65. The van der Waals surface area contributed by atoms with Crippen LogP contribution in [0.4, 0.5) is 0 Å². The first kappa shape index (κ1) is 10.4. The molecule has 0 aromatic rings. The number of amides is 1. The summed E-state index contributed by atoms with van der Waals surface area (Å²) in [6.07, 6.45) is 6.41. The Morgan fingerprint density at radius 2 is 1.93 bits per heavy atom. The van der Waals surface area contributed by atoms with Crippen molar-refractivity contribution in [3.8, 4) is 0 Å². The van der Waals surface area contributed by atoms with Gasteiger partial charge >= 0.3 is 0 Å². The molecule has 2 saturated carbocycles. The van der Waals surface area contributed by atoms with Gasteiger partial charge in [-0.2, -0.15) is 0 Å². The number of hydrogen-bond donors (Lipinski definition) is 0. The van der Waals surface area contributed by atoms with Crippen LogP contribution >= 0.6 is 0 Å². The highest BCUT2D eigenvalue weighted by molar-refractivity contribution is 5.92. The van der Waals surface area contributed by atoms with E-state index < -0.39 is 0 Å². The van der Waals surface area contributed by atoms with Gasteiger partial charge in [-0.05, 0) is 37.7 Å². The lowest BCUT2D eigenvalue weighted by Gasteiger charge is -2.19. The Balaban J connectivity index is 1.84. The Labute approximate surface area is 90.1 Å². The fourth-order valence-corrected chi connectivity index (χ4v) is 1.79. The number of carbonyl (C=O) groups excluding carboxylic acids is 2. The molecule has 0 spiro atoms. The van der Waals surface area contributed by atoms with E-state index in [1.807, 2.05) is 0 Å². The first-order chi connectivity index (χ1) is 7.20. The summed E-state index contributed by atoms with van der Waals surface area (Å²) >= 11 is 0. The fourth-order valence-electron chi connectivity index (χ4n) is 1.79. The van der Waals surface area contributed by atoms with Crippen molar-refractivity contribution in [3.05, 3.63) is 12.7 Å². The monoisotopic (exact) mass is 207 g/mol. The standard InChI is InChI=1S/C12H17NO2/c1-2-12(15)13(10-5-6-10)8-11(14)7-9-3-4-9/h2,9-10H,1,3-8H2. The van der Waals surface area contributed by atoms with Gasteiger partial charge in [0, 0.05) is 12.5 Å². The number of nitrogens with zero attached hydrogens (tertiary/aromatic N) is 1. The minimum atomic E-state index is -0.0957. The maximum atomic E-state index is 11.6. The van der Waals surface area contributed by atoms with Crippen molar-refractivity contribution in [2.24, 2.45) is 5.92 Å². The number of rotatable bonds is 6. The van der Waals surface area contributed by atoms with Gasteiger partial charge in [-0.1, -0.05) is 6.58 Å². The van der Waals surface area contributed by atoms with Gasteiger partial charge in [-0.3, -0.25) is 9.59 Å². The molecule has 15 heavy (non-hydrogen) atoms. The Hall–Kier alpha value is -1.12. The molecule has 0 aromatic carbocycles. The third-order valence-corrected chi connectivity index (χ3v) is 3.01. The lowest BCUT2D eigenvalue weighted by atomic mass is 10.2. The van der Waals surface area contributed by atoms with Crippen LogP contribution in [-0.2, 0) is 9.59 Å². The van der Waals surface area contributed by atoms with Gasteiger partial charge in [0.15, 0.2) is 5.78 Å². The highest BCUT2D eigenvalue weighted by atomic mass is 16.2. The molecule has 0 bridgehead atoms. The summed E-state index contributed by atoms with van der Waals surface area (Å²) in [5.74, 6) is 0.721. The first-order valence-electron chi connectivity index (χ1n) is 5.65. The molecule has 0 atom stereocenters. The van der Waals surface area contributed by atoms with Crippen LogP contribution in [0.5, 0.6) is 0 Å². The maximum Gasteiger partial charge on any atom is 0.246 e. The van der Waals surface area contributed by atoms with Crippen molar-refractivity contribution in [3.63, 3.8) is 0 Å². The number of hydrogen-bond acceptors (Lipinski definition) is 2. The Bertz CT molecular complexity index is 290. The zero-order valence-corrected chi connectivity index (χ0v) is 8.95. The third-order valence-electron chi connectivity index (χ3n) is 3.01. The third kappa shape index (κ3) is 2.91. The summed E-state index contributed by atoms with van der Waals surface area (Å²) < 4.78 is 0. The van der Waals surface area contributed by atoms with Gasteiger partial charge < -0.3 is 4.90 Å². The smallest absolute Gasteiger partial charge is 0.246 e. The maximum absolute atomic E-state index is 11.6. The molecule has 0 saturated heterocycles. The minimum absolute atomic E-state index is 0.0957. The fraction of sp³-hybridized carbons (Fsp3) is 0.667. The van der Waals surface area contributed by atoms with Crippen molar-refractivity contribution in [1.82, 2.24) is 4.90 Å². The Morgan fingerprint density at radius 1 is 1.27 bits per heavy atom. The normalized spacial score (nSPS) is 19.7. The molecule has 0 aliphatic heterocycles. The quantitative estimate of drug-likeness (QED) is 0.619. The van der Waals surface area contributed by atoms with Crippen LogP contribution in [0.2, 0.25) is 0 Å². The second-order valence-corrected chi connectivity index (χ2v) is 4.59. The van der Waals surface area contributed by atoms with E-state index in [4.69, 9.17) is 0 Å². The van der Waals surface area contributed by atoms with Gasteiger partial charge in [0.2, 0.25) is 5.91 Å². The van der Waals surface area contributed by atoms with Crippen molar-refractivity contribution in [1.29, 1.82) is 0 Å². The topological polar surface area (TPSA) is 37.4 Å². The summed E-state index contributed by atoms with van der Waals surface area (Å²) in [4.78, 5) is 24.8. The molecule has 2 fully saturated rings. The van der Waals surface area contributed by atoms with E-state index in [0.29, 0.717) is 24.9 Å². The van der Waals surface area contributed by atoms with E-state index in [0.717, 1.165) is 12.8 Å². The molecule has 0 unspecified atom stereocenters. The van der Waals surface area contributed by atoms with E-state index in [1.54, 1.807) is 4.90 Å². The lowest BCUT2D eigenvalue weighted by molar-refractivity contribution is -0.132. The largest absolute Gasteiger partial charge is 0.329 e. The van der Waals surface area contributed by atoms with Crippen LogP contribution in [0.3, 0.4) is 0 Å². The second-order valence-electron chi connectivity index (χ2n) is 4.59. The molecular weight excluding hydrogens is 190 g/mol. The molecule has 3 heteroatoms. The molecule has 2 rings (SSSR count). The molecule has 0 aromatic heterocycles. The summed E-state index contributed by atoms with van der Waals surface area (Å²) in [5.41, 5.74) is 0. The summed E-state index contributed by atoms with van der Waals surface area (Å²) in [5, 5.41) is 0. The van der Waals surface area contributed by atoms with Crippen LogP contribution in [0.15, 0.2) is 12.7 Å². The van der Waals surface area contributed by atoms with Gasteiger partial charge in [0.05, 0.1) is 6.54 Å². The van der Waals surface area contributed by atoms with E-state index in [1.165, 1.54) is 18.9 Å². The van der Waals surface area contributed by atoms with E-state index in [-0.39, 0.29) is 11.7 Å². The van der Waals surface area contributed by atoms with E-state index >= 15 is 0 Å². The summed E-state index contributed by atoms with van der Waals surface area (Å²) in [7, 11) is 0. The van der Waals surface area contributed by atoms with Crippen LogP contribution in [0.1, 0.15) is 32.1 Å². The van der Waals surface area contributed by atoms with Crippen molar-refractivity contribution < 1.29 is 9.59 Å². The molecule has 2 aliphatic carbocycles. The molecule has 0 heterocycles. The Morgan fingerprint density at radius 3 is 2.40 bits per heavy atom. The van der Waals surface area contributed by atoms with E-state index in [2.05, 4.69) is 6.58 Å². The van der Waals surface area contributed by atoms with Gasteiger partial charge in [0.25, 0.3) is 0 Å². The van der Waals surface area contributed by atoms with Crippen molar-refractivity contribution in [2.75, 3.05) is 6.54 Å².